The van der Waals surface area contributed by atoms with Crippen molar-refractivity contribution in [1.29, 1.82) is 0 Å². The highest BCUT2D eigenvalue weighted by atomic mass is 16.6. The third kappa shape index (κ3) is 2.51. The van der Waals surface area contributed by atoms with E-state index in [-0.39, 0.29) is 11.7 Å². The number of esters is 1. The molecular formula is C14H14N2O6. The molecule has 2 saturated carbocycles. The van der Waals surface area contributed by atoms with Crippen LogP contribution in [-0.2, 0) is 4.74 Å². The topological polar surface area (TPSA) is 113 Å². The third-order valence-corrected chi connectivity index (χ3v) is 4.55. The smallest absolute Gasteiger partial charge is 0.338 e. The number of ether oxygens (including phenoxy) is 1. The number of nitro benzene ring substituents is 2. The summed E-state index contributed by atoms with van der Waals surface area (Å²) < 4.78 is 5.37. The summed E-state index contributed by atoms with van der Waals surface area (Å²) in [5.74, 6) is 0.247. The molecule has 0 spiro atoms. The Labute approximate surface area is 125 Å². The monoisotopic (exact) mass is 306 g/mol. The number of non-ortho nitro benzene ring substituents is 2. The van der Waals surface area contributed by atoms with E-state index in [2.05, 4.69) is 0 Å². The highest BCUT2D eigenvalue weighted by Crippen LogP contribution is 2.48. The molecule has 1 aromatic carbocycles. The second kappa shape index (κ2) is 5.36. The fourth-order valence-corrected chi connectivity index (χ4v) is 3.39. The first-order chi connectivity index (χ1) is 10.5. The van der Waals surface area contributed by atoms with Crippen LogP contribution in [0.15, 0.2) is 18.2 Å². The van der Waals surface area contributed by atoms with Crippen LogP contribution in [0, 0.1) is 32.1 Å². The highest BCUT2D eigenvalue weighted by molar-refractivity contribution is 5.91. The van der Waals surface area contributed by atoms with Crippen molar-refractivity contribution in [2.45, 2.75) is 31.8 Å². The molecule has 3 rings (SSSR count). The van der Waals surface area contributed by atoms with Crippen LogP contribution in [0.1, 0.15) is 36.0 Å². The van der Waals surface area contributed by atoms with Crippen LogP contribution < -0.4 is 0 Å². The van der Waals surface area contributed by atoms with Crippen molar-refractivity contribution in [3.63, 3.8) is 0 Å². The van der Waals surface area contributed by atoms with Crippen LogP contribution in [0.4, 0.5) is 11.4 Å². The van der Waals surface area contributed by atoms with E-state index < -0.39 is 27.2 Å². The van der Waals surface area contributed by atoms with Crippen molar-refractivity contribution >= 4 is 17.3 Å². The van der Waals surface area contributed by atoms with Gasteiger partial charge >= 0.3 is 5.97 Å². The number of fused-ring (bicyclic) bond motifs is 1. The lowest BCUT2D eigenvalue weighted by Gasteiger charge is -2.39. The molecule has 0 saturated heterocycles. The number of hydrogen-bond donors (Lipinski definition) is 0. The van der Waals surface area contributed by atoms with E-state index in [0.717, 1.165) is 43.9 Å². The molecule has 8 heteroatoms. The van der Waals surface area contributed by atoms with Gasteiger partial charge in [0.25, 0.3) is 11.4 Å². The van der Waals surface area contributed by atoms with Crippen molar-refractivity contribution in [2.24, 2.45) is 11.8 Å². The van der Waals surface area contributed by atoms with E-state index in [1.54, 1.807) is 0 Å². The number of nitro groups is 2. The fraction of sp³-hybridized carbons (Fsp3) is 0.500. The summed E-state index contributed by atoms with van der Waals surface area (Å²) in [4.78, 5) is 32.2. The Balaban J connectivity index is 1.79. The molecule has 0 unspecified atom stereocenters. The molecule has 116 valence electrons. The number of carbonyl (C=O) groups excluding carboxylic acids is 1. The zero-order valence-corrected chi connectivity index (χ0v) is 11.6. The molecule has 0 aromatic heterocycles. The molecular weight excluding hydrogens is 292 g/mol. The maximum atomic E-state index is 12.1. The lowest BCUT2D eigenvalue weighted by Crippen LogP contribution is -2.41. The Morgan fingerprint density at radius 2 is 1.73 bits per heavy atom. The summed E-state index contributed by atoms with van der Waals surface area (Å²) in [5, 5.41) is 21.6. The van der Waals surface area contributed by atoms with Gasteiger partial charge in [-0.05, 0) is 31.1 Å². The van der Waals surface area contributed by atoms with Crippen LogP contribution in [-0.4, -0.2) is 21.9 Å². The predicted octanol–water partition coefficient (Wildman–Crippen LogP) is 2.85. The minimum atomic E-state index is -0.764. The van der Waals surface area contributed by atoms with Crippen LogP contribution in [0.3, 0.4) is 0 Å². The molecule has 22 heavy (non-hydrogen) atoms. The van der Waals surface area contributed by atoms with E-state index in [0.29, 0.717) is 11.8 Å². The van der Waals surface area contributed by atoms with Gasteiger partial charge in [0.2, 0.25) is 0 Å². The van der Waals surface area contributed by atoms with E-state index in [9.17, 15) is 25.0 Å². The molecule has 0 aliphatic heterocycles. The molecule has 2 fully saturated rings. The van der Waals surface area contributed by atoms with Crippen molar-refractivity contribution < 1.29 is 19.4 Å². The van der Waals surface area contributed by atoms with Gasteiger partial charge in [0.1, 0.15) is 6.10 Å². The molecule has 2 aliphatic rings. The van der Waals surface area contributed by atoms with Crippen molar-refractivity contribution in [2.75, 3.05) is 0 Å². The molecule has 0 bridgehead atoms. The molecule has 2 aliphatic carbocycles. The fourth-order valence-electron chi connectivity index (χ4n) is 3.39. The second-order valence-corrected chi connectivity index (χ2v) is 5.79. The number of nitrogens with zero attached hydrogens (tertiary/aromatic N) is 2. The molecule has 8 nitrogen and oxygen atoms in total. The van der Waals surface area contributed by atoms with Gasteiger partial charge in [0.15, 0.2) is 0 Å². The third-order valence-electron chi connectivity index (χ3n) is 4.55. The number of benzene rings is 1. The maximum absolute atomic E-state index is 12.1. The van der Waals surface area contributed by atoms with Gasteiger partial charge in [0, 0.05) is 12.1 Å². The van der Waals surface area contributed by atoms with Crippen LogP contribution >= 0.6 is 0 Å². The average Bonchev–Trinajstić information content (AvgIpc) is 2.85. The van der Waals surface area contributed by atoms with Gasteiger partial charge in [0.05, 0.1) is 21.5 Å². The minimum absolute atomic E-state index is 0.151. The van der Waals surface area contributed by atoms with Gasteiger partial charge in [-0.25, -0.2) is 4.79 Å². The SMILES string of the molecule is O=C(O[C@H]1C[C@@H]2CCC[C@@H]21)c1cc([N+](=O)[O-])cc([N+](=O)[O-])c1. The standard InChI is InChI=1S/C14H14N2O6/c17-14(22-13-6-8-2-1-3-12(8)13)9-4-10(15(18)19)7-11(5-9)16(20)21/h4-5,7-8,12-13H,1-3,6H2/t8-,12-,13-/m0/s1. The lowest BCUT2D eigenvalue weighted by molar-refractivity contribution is -0.394. The number of carbonyl (C=O) groups is 1. The first-order valence-electron chi connectivity index (χ1n) is 7.10. The predicted molar refractivity (Wildman–Crippen MR) is 74.4 cm³/mol. The summed E-state index contributed by atoms with van der Waals surface area (Å²) in [6, 6.07) is 2.85. The van der Waals surface area contributed by atoms with Crippen LogP contribution in [0.5, 0.6) is 0 Å². The van der Waals surface area contributed by atoms with Crippen molar-refractivity contribution in [3.8, 4) is 0 Å². The van der Waals surface area contributed by atoms with Crippen molar-refractivity contribution in [3.05, 3.63) is 44.0 Å². The largest absolute Gasteiger partial charge is 0.458 e. The number of hydrogen-bond acceptors (Lipinski definition) is 6. The molecule has 1 aromatic rings. The van der Waals surface area contributed by atoms with Gasteiger partial charge in [-0.1, -0.05) is 6.42 Å². The summed E-state index contributed by atoms with van der Waals surface area (Å²) >= 11 is 0. The second-order valence-electron chi connectivity index (χ2n) is 5.79. The van der Waals surface area contributed by atoms with E-state index >= 15 is 0 Å². The van der Waals surface area contributed by atoms with Crippen LogP contribution in [0.2, 0.25) is 0 Å². The Morgan fingerprint density at radius 3 is 2.27 bits per heavy atom. The number of rotatable bonds is 4. The Morgan fingerprint density at radius 1 is 1.09 bits per heavy atom. The molecule has 0 heterocycles. The summed E-state index contributed by atoms with van der Waals surface area (Å²) in [5.41, 5.74) is -1.13. The Kier molecular flexibility index (Phi) is 3.51. The summed E-state index contributed by atoms with van der Waals surface area (Å²) in [6.07, 6.45) is 3.95. The minimum Gasteiger partial charge on any atom is -0.458 e. The quantitative estimate of drug-likeness (QED) is 0.480. The summed E-state index contributed by atoms with van der Waals surface area (Å²) in [6.45, 7) is 0. The lowest BCUT2D eigenvalue weighted by atomic mass is 9.73. The Bertz CT molecular complexity index is 626. The van der Waals surface area contributed by atoms with E-state index in [1.165, 1.54) is 0 Å². The zero-order valence-electron chi connectivity index (χ0n) is 11.6. The van der Waals surface area contributed by atoms with Gasteiger partial charge in [-0.15, -0.1) is 0 Å². The van der Waals surface area contributed by atoms with Crippen LogP contribution in [0.25, 0.3) is 0 Å². The van der Waals surface area contributed by atoms with Gasteiger partial charge in [-0.2, -0.15) is 0 Å². The van der Waals surface area contributed by atoms with E-state index in [1.807, 2.05) is 0 Å². The molecule has 0 radical (unpaired) electrons. The first kappa shape index (κ1) is 14.4. The molecule has 0 amide bonds. The normalized spacial score (nSPS) is 25.9. The highest BCUT2D eigenvalue weighted by Gasteiger charge is 2.46. The van der Waals surface area contributed by atoms with Crippen molar-refractivity contribution in [1.82, 2.24) is 0 Å². The molecule has 3 atom stereocenters. The van der Waals surface area contributed by atoms with Gasteiger partial charge in [-0.3, -0.25) is 20.2 Å². The van der Waals surface area contributed by atoms with Gasteiger partial charge < -0.3 is 4.74 Å². The first-order valence-corrected chi connectivity index (χ1v) is 7.10. The average molecular weight is 306 g/mol. The summed E-state index contributed by atoms with van der Waals surface area (Å²) in [7, 11) is 0. The van der Waals surface area contributed by atoms with E-state index in [4.69, 9.17) is 4.74 Å². The zero-order chi connectivity index (χ0) is 15.9. The maximum Gasteiger partial charge on any atom is 0.338 e. The molecule has 0 N–H and O–H groups in total. The Hall–Kier alpha value is -2.51.